The zero-order valence-electron chi connectivity index (χ0n) is 26.5. The summed E-state index contributed by atoms with van der Waals surface area (Å²) in [7, 11) is 0. The van der Waals surface area contributed by atoms with Crippen LogP contribution in [0.2, 0.25) is 0 Å². The Labute approximate surface area is 285 Å². The van der Waals surface area contributed by atoms with Crippen LogP contribution in [0.1, 0.15) is 35.2 Å². The van der Waals surface area contributed by atoms with Crippen molar-refractivity contribution in [1.29, 1.82) is 0 Å². The monoisotopic (exact) mass is 666 g/mol. The SMILES string of the molecule is CCOC(=O)C1=C(c2ccccc2)N=c2s/c(=C/c3ccccc3OCc3cccc4ccccc34)c(=O)n2[C@H]1c1ccc2c(c1)OCO2. The molecule has 9 heteroatoms. The third kappa shape index (κ3) is 5.68. The first kappa shape index (κ1) is 30.4. The summed E-state index contributed by atoms with van der Waals surface area (Å²) in [6.07, 6.45) is 1.83. The zero-order valence-corrected chi connectivity index (χ0v) is 27.3. The van der Waals surface area contributed by atoms with E-state index < -0.39 is 12.0 Å². The summed E-state index contributed by atoms with van der Waals surface area (Å²) in [5.41, 5.74) is 3.65. The molecule has 0 fully saturated rings. The molecule has 2 aliphatic heterocycles. The van der Waals surface area contributed by atoms with Crippen molar-refractivity contribution in [3.8, 4) is 17.2 Å². The first-order valence-electron chi connectivity index (χ1n) is 16.0. The summed E-state index contributed by atoms with van der Waals surface area (Å²) in [5, 5.41) is 2.28. The third-order valence-corrected chi connectivity index (χ3v) is 9.54. The molecule has 2 aliphatic rings. The average molecular weight is 667 g/mol. The van der Waals surface area contributed by atoms with E-state index >= 15 is 0 Å². The Morgan fingerprint density at radius 1 is 0.918 bits per heavy atom. The van der Waals surface area contributed by atoms with Gasteiger partial charge in [0.15, 0.2) is 16.3 Å². The molecular formula is C40H30N2O6S. The lowest BCUT2D eigenvalue weighted by molar-refractivity contribution is -0.138. The number of fused-ring (bicyclic) bond motifs is 3. The second-order valence-electron chi connectivity index (χ2n) is 11.5. The molecule has 0 unspecified atom stereocenters. The topological polar surface area (TPSA) is 88.4 Å². The van der Waals surface area contributed by atoms with Gasteiger partial charge in [0.2, 0.25) is 6.79 Å². The highest BCUT2D eigenvalue weighted by Crippen LogP contribution is 2.40. The first-order valence-corrected chi connectivity index (χ1v) is 16.8. The lowest BCUT2D eigenvalue weighted by Gasteiger charge is -2.26. The second kappa shape index (κ2) is 12.9. The maximum absolute atomic E-state index is 14.5. The van der Waals surface area contributed by atoms with Crippen molar-refractivity contribution < 1.29 is 23.7 Å². The number of para-hydroxylation sites is 1. The van der Waals surface area contributed by atoms with Gasteiger partial charge in [0.05, 0.1) is 28.5 Å². The van der Waals surface area contributed by atoms with E-state index in [9.17, 15) is 9.59 Å². The molecule has 0 radical (unpaired) electrons. The number of carbonyl (C=O) groups is 1. The fourth-order valence-corrected chi connectivity index (χ4v) is 7.28. The number of ether oxygens (including phenoxy) is 4. The predicted molar refractivity (Wildman–Crippen MR) is 188 cm³/mol. The fourth-order valence-electron chi connectivity index (χ4n) is 6.29. The minimum atomic E-state index is -0.833. The van der Waals surface area contributed by atoms with Gasteiger partial charge in [0.25, 0.3) is 5.56 Å². The molecule has 3 heterocycles. The molecule has 49 heavy (non-hydrogen) atoms. The molecule has 0 saturated carbocycles. The highest BCUT2D eigenvalue weighted by atomic mass is 32.1. The van der Waals surface area contributed by atoms with Crippen molar-refractivity contribution in [3.63, 3.8) is 0 Å². The van der Waals surface area contributed by atoms with Gasteiger partial charge >= 0.3 is 5.97 Å². The standard InChI is InChI=1S/C40H30N2O6S/c1-2-45-39(44)35-36(26-12-4-3-5-13-26)41-40-42(37(35)28-19-20-32-33(21-28)48-24-47-32)38(43)34(49-40)22-27-14-7-9-18-31(27)46-23-29-16-10-15-25-11-6-8-17-30(25)29/h3-22,37H,2,23-24H2,1H3/b34-22+/t37-/m0/s1. The summed E-state index contributed by atoms with van der Waals surface area (Å²) >= 11 is 1.26. The smallest absolute Gasteiger partial charge is 0.338 e. The van der Waals surface area contributed by atoms with E-state index in [-0.39, 0.29) is 24.5 Å². The molecule has 8 nitrogen and oxygen atoms in total. The van der Waals surface area contributed by atoms with Gasteiger partial charge in [-0.05, 0) is 53.1 Å². The van der Waals surface area contributed by atoms with Crippen molar-refractivity contribution in [2.45, 2.75) is 19.6 Å². The Hall–Kier alpha value is -5.93. The van der Waals surface area contributed by atoms with Crippen molar-refractivity contribution >= 4 is 39.9 Å². The minimum Gasteiger partial charge on any atom is -0.488 e. The van der Waals surface area contributed by atoms with Crippen LogP contribution in [-0.2, 0) is 16.1 Å². The van der Waals surface area contributed by atoms with Gasteiger partial charge in [-0.2, -0.15) is 0 Å². The van der Waals surface area contributed by atoms with Gasteiger partial charge in [0.1, 0.15) is 12.4 Å². The van der Waals surface area contributed by atoms with Crippen molar-refractivity contribution in [2.75, 3.05) is 13.4 Å². The Balaban J connectivity index is 1.27. The predicted octanol–water partition coefficient (Wildman–Crippen LogP) is 6.40. The van der Waals surface area contributed by atoms with Gasteiger partial charge in [-0.15, -0.1) is 0 Å². The second-order valence-corrected chi connectivity index (χ2v) is 12.5. The van der Waals surface area contributed by atoms with Crippen molar-refractivity contribution in [1.82, 2.24) is 4.57 Å². The van der Waals surface area contributed by atoms with E-state index in [0.717, 1.165) is 27.5 Å². The van der Waals surface area contributed by atoms with E-state index in [4.69, 9.17) is 23.9 Å². The number of nitrogens with zero attached hydrogens (tertiary/aromatic N) is 2. The number of esters is 1. The molecule has 0 bridgehead atoms. The van der Waals surface area contributed by atoms with Crippen LogP contribution < -0.4 is 29.1 Å². The minimum absolute atomic E-state index is 0.0966. The van der Waals surface area contributed by atoms with E-state index in [1.807, 2.05) is 91.0 Å². The summed E-state index contributed by atoms with van der Waals surface area (Å²) in [6.45, 7) is 2.38. The molecule has 8 rings (SSSR count). The van der Waals surface area contributed by atoms with E-state index in [1.165, 1.54) is 11.3 Å². The number of rotatable bonds is 8. The molecule has 1 aromatic heterocycles. The molecule has 242 valence electrons. The Morgan fingerprint density at radius 2 is 1.69 bits per heavy atom. The third-order valence-electron chi connectivity index (χ3n) is 8.55. The Kier molecular flexibility index (Phi) is 8.03. The molecule has 0 amide bonds. The van der Waals surface area contributed by atoms with Crippen LogP contribution in [0.25, 0.3) is 22.5 Å². The van der Waals surface area contributed by atoms with Crippen LogP contribution in [0.3, 0.4) is 0 Å². The van der Waals surface area contributed by atoms with Gasteiger partial charge in [-0.1, -0.05) is 108 Å². The van der Waals surface area contributed by atoms with E-state index in [1.54, 1.807) is 17.6 Å². The number of hydrogen-bond donors (Lipinski definition) is 0. The maximum atomic E-state index is 14.5. The molecule has 0 spiro atoms. The van der Waals surface area contributed by atoms with Gasteiger partial charge < -0.3 is 18.9 Å². The van der Waals surface area contributed by atoms with Crippen LogP contribution in [-0.4, -0.2) is 23.9 Å². The highest BCUT2D eigenvalue weighted by Gasteiger charge is 2.36. The first-order chi connectivity index (χ1) is 24.1. The zero-order chi connectivity index (χ0) is 33.3. The highest BCUT2D eigenvalue weighted by molar-refractivity contribution is 7.07. The summed E-state index contributed by atoms with van der Waals surface area (Å²) < 4.78 is 25.2. The Morgan fingerprint density at radius 3 is 2.57 bits per heavy atom. The van der Waals surface area contributed by atoms with Gasteiger partial charge in [-0.3, -0.25) is 9.36 Å². The number of carbonyl (C=O) groups excluding carboxylic acids is 1. The number of benzene rings is 5. The molecular weight excluding hydrogens is 637 g/mol. The normalized spacial score (nSPS) is 15.2. The van der Waals surface area contributed by atoms with Crippen LogP contribution in [0.4, 0.5) is 0 Å². The number of aromatic nitrogens is 1. The van der Waals surface area contributed by atoms with Crippen LogP contribution in [0.15, 0.2) is 131 Å². The lowest BCUT2D eigenvalue weighted by Crippen LogP contribution is -2.40. The Bertz CT molecular complexity index is 2440. The van der Waals surface area contributed by atoms with E-state index in [0.29, 0.717) is 44.4 Å². The van der Waals surface area contributed by atoms with Gasteiger partial charge in [0, 0.05) is 11.1 Å². The molecule has 0 N–H and O–H groups in total. The molecule has 1 atom stereocenters. The fraction of sp³-hybridized carbons (Fsp3) is 0.125. The molecule has 0 saturated heterocycles. The number of thiazole rings is 1. The molecule has 0 aliphatic carbocycles. The van der Waals surface area contributed by atoms with Crippen LogP contribution in [0, 0.1) is 0 Å². The molecule has 6 aromatic rings. The molecule has 5 aromatic carbocycles. The van der Waals surface area contributed by atoms with Crippen LogP contribution >= 0.6 is 11.3 Å². The van der Waals surface area contributed by atoms with Gasteiger partial charge in [-0.25, -0.2) is 9.79 Å². The summed E-state index contributed by atoms with van der Waals surface area (Å²) in [4.78, 5) is 33.7. The lowest BCUT2D eigenvalue weighted by atomic mass is 9.93. The van der Waals surface area contributed by atoms with E-state index in [2.05, 4.69) is 24.3 Å². The average Bonchev–Trinajstić information content (AvgIpc) is 3.74. The summed E-state index contributed by atoms with van der Waals surface area (Å²) in [5.74, 6) is 1.24. The number of hydrogen-bond acceptors (Lipinski definition) is 8. The quantitative estimate of drug-likeness (QED) is 0.175. The van der Waals surface area contributed by atoms with Crippen LogP contribution in [0.5, 0.6) is 17.2 Å². The van der Waals surface area contributed by atoms with Crippen molar-refractivity contribution in [3.05, 3.63) is 163 Å². The maximum Gasteiger partial charge on any atom is 0.338 e. The van der Waals surface area contributed by atoms with Crippen molar-refractivity contribution in [2.24, 2.45) is 4.99 Å². The largest absolute Gasteiger partial charge is 0.488 e. The summed E-state index contributed by atoms with van der Waals surface area (Å²) in [6, 6.07) is 36.1.